The molecule has 1 atom stereocenters. The number of carbonyl (C=O) groups excluding carboxylic acids is 2. The molecular formula is C22H25F2N7O3. The highest BCUT2D eigenvalue weighted by molar-refractivity contribution is 5.92. The number of hydrogen-bond acceptors (Lipinski definition) is 8. The molecule has 2 amide bonds. The van der Waals surface area contributed by atoms with Crippen LogP contribution in [0.2, 0.25) is 0 Å². The Labute approximate surface area is 195 Å². The van der Waals surface area contributed by atoms with Crippen LogP contribution in [0, 0.1) is 17.2 Å². The minimum atomic E-state index is -2.66. The molecule has 0 unspecified atom stereocenters. The molecule has 0 saturated heterocycles. The smallest absolute Gasteiger partial charge is 0.255 e. The summed E-state index contributed by atoms with van der Waals surface area (Å²) in [6, 6.07) is 2.59. The maximum absolute atomic E-state index is 12.6. The summed E-state index contributed by atoms with van der Waals surface area (Å²) < 4.78 is 25.1. The first-order chi connectivity index (χ1) is 16.0. The third-order valence-electron chi connectivity index (χ3n) is 5.47. The molecule has 180 valence electrons. The SMILES string of the molecule is C[C@H](Nc1cc(-c2cnc(NC(=O)C3CC(C)(O)C3)cn2)cnc1C#N)C(=O)N(C)CC(F)F. The number of rotatable bonds is 8. The summed E-state index contributed by atoms with van der Waals surface area (Å²) in [5.41, 5.74) is 0.336. The summed E-state index contributed by atoms with van der Waals surface area (Å²) in [5, 5.41) is 24.6. The van der Waals surface area contributed by atoms with E-state index in [9.17, 15) is 28.7 Å². The molecule has 2 aromatic heterocycles. The van der Waals surface area contributed by atoms with Crippen LogP contribution in [0.15, 0.2) is 24.7 Å². The van der Waals surface area contributed by atoms with E-state index in [0.29, 0.717) is 24.1 Å². The quantitative estimate of drug-likeness (QED) is 0.528. The van der Waals surface area contributed by atoms with Crippen LogP contribution in [0.25, 0.3) is 11.3 Å². The van der Waals surface area contributed by atoms with E-state index in [0.717, 1.165) is 4.90 Å². The average molecular weight is 473 g/mol. The van der Waals surface area contributed by atoms with Crippen molar-refractivity contribution in [2.24, 2.45) is 5.92 Å². The highest BCUT2D eigenvalue weighted by Gasteiger charge is 2.42. The van der Waals surface area contributed by atoms with Gasteiger partial charge in [-0.15, -0.1) is 0 Å². The van der Waals surface area contributed by atoms with Gasteiger partial charge in [-0.05, 0) is 32.8 Å². The highest BCUT2D eigenvalue weighted by atomic mass is 19.3. The maximum Gasteiger partial charge on any atom is 0.255 e. The molecule has 1 saturated carbocycles. The minimum absolute atomic E-state index is 0.0214. The number of carbonyl (C=O) groups is 2. The molecule has 2 aromatic rings. The monoisotopic (exact) mass is 473 g/mol. The number of nitriles is 1. The summed E-state index contributed by atoms with van der Waals surface area (Å²) in [5.74, 6) is -0.836. The van der Waals surface area contributed by atoms with Crippen LogP contribution in [-0.2, 0) is 9.59 Å². The van der Waals surface area contributed by atoms with E-state index >= 15 is 0 Å². The number of aromatic nitrogens is 3. The number of amides is 2. The van der Waals surface area contributed by atoms with Crippen molar-refractivity contribution in [3.05, 3.63) is 30.4 Å². The third-order valence-corrected chi connectivity index (χ3v) is 5.47. The molecule has 3 N–H and O–H groups in total. The molecule has 3 rings (SSSR count). The van der Waals surface area contributed by atoms with Crippen molar-refractivity contribution in [2.75, 3.05) is 24.2 Å². The number of aliphatic hydroxyl groups is 1. The second-order valence-electron chi connectivity index (χ2n) is 8.59. The molecule has 10 nitrogen and oxygen atoms in total. The van der Waals surface area contributed by atoms with Gasteiger partial charge in [-0.2, -0.15) is 5.26 Å². The van der Waals surface area contributed by atoms with E-state index in [1.165, 1.54) is 32.6 Å². The van der Waals surface area contributed by atoms with E-state index in [4.69, 9.17) is 0 Å². The Kier molecular flexibility index (Phi) is 7.36. The first-order valence-electron chi connectivity index (χ1n) is 10.5. The molecule has 0 spiro atoms. The normalized spacial score (nSPS) is 20.1. The zero-order valence-electron chi connectivity index (χ0n) is 18.9. The van der Waals surface area contributed by atoms with Crippen LogP contribution in [0.3, 0.4) is 0 Å². The zero-order chi connectivity index (χ0) is 25.0. The first kappa shape index (κ1) is 24.9. The van der Waals surface area contributed by atoms with Gasteiger partial charge in [0, 0.05) is 24.7 Å². The van der Waals surface area contributed by atoms with Crippen molar-refractivity contribution in [2.45, 2.75) is 44.8 Å². The van der Waals surface area contributed by atoms with Gasteiger partial charge in [0.1, 0.15) is 12.1 Å². The van der Waals surface area contributed by atoms with Crippen LogP contribution in [0.4, 0.5) is 20.3 Å². The molecular weight excluding hydrogens is 448 g/mol. The minimum Gasteiger partial charge on any atom is -0.390 e. The second kappa shape index (κ2) is 10.0. The fourth-order valence-electron chi connectivity index (χ4n) is 3.68. The number of halogens is 2. The Morgan fingerprint density at radius 3 is 2.56 bits per heavy atom. The predicted octanol–water partition coefficient (Wildman–Crippen LogP) is 2.03. The summed E-state index contributed by atoms with van der Waals surface area (Å²) in [6.07, 6.45) is 2.32. The van der Waals surface area contributed by atoms with E-state index in [1.54, 1.807) is 13.0 Å². The summed E-state index contributed by atoms with van der Waals surface area (Å²) in [7, 11) is 1.27. The molecule has 0 aromatic carbocycles. The van der Waals surface area contributed by atoms with Gasteiger partial charge in [0.25, 0.3) is 6.43 Å². The number of nitrogens with one attached hydrogen (secondary N) is 2. The number of likely N-dealkylation sites (N-methyl/N-ethyl adjacent to an activating group) is 1. The molecule has 0 aliphatic heterocycles. The van der Waals surface area contributed by atoms with Crippen molar-refractivity contribution in [3.8, 4) is 17.3 Å². The van der Waals surface area contributed by atoms with Crippen LogP contribution in [-0.4, -0.2) is 68.4 Å². The van der Waals surface area contributed by atoms with Crippen LogP contribution >= 0.6 is 0 Å². The van der Waals surface area contributed by atoms with E-state index in [2.05, 4.69) is 25.6 Å². The van der Waals surface area contributed by atoms with Gasteiger partial charge < -0.3 is 20.6 Å². The molecule has 1 aliphatic carbocycles. The lowest BCUT2D eigenvalue weighted by molar-refractivity contribution is -0.133. The van der Waals surface area contributed by atoms with Gasteiger partial charge in [-0.1, -0.05) is 0 Å². The molecule has 1 aliphatic rings. The molecule has 12 heteroatoms. The number of nitrogens with zero attached hydrogens (tertiary/aromatic N) is 5. The van der Waals surface area contributed by atoms with E-state index in [-0.39, 0.29) is 29.0 Å². The van der Waals surface area contributed by atoms with Gasteiger partial charge in [0.05, 0.1) is 35.9 Å². The number of alkyl halides is 2. The van der Waals surface area contributed by atoms with Gasteiger partial charge >= 0.3 is 0 Å². The van der Waals surface area contributed by atoms with Crippen molar-refractivity contribution in [1.29, 1.82) is 5.26 Å². The zero-order valence-corrected chi connectivity index (χ0v) is 18.9. The molecule has 0 radical (unpaired) electrons. The highest BCUT2D eigenvalue weighted by Crippen LogP contribution is 2.37. The number of hydrogen-bond donors (Lipinski definition) is 3. The Morgan fingerprint density at radius 1 is 1.29 bits per heavy atom. The van der Waals surface area contributed by atoms with Gasteiger partial charge in [0.15, 0.2) is 11.5 Å². The summed E-state index contributed by atoms with van der Waals surface area (Å²) in [6.45, 7) is 2.47. The topological polar surface area (TPSA) is 144 Å². The molecule has 2 heterocycles. The van der Waals surface area contributed by atoms with Crippen molar-refractivity contribution in [3.63, 3.8) is 0 Å². The Morgan fingerprint density at radius 2 is 2.00 bits per heavy atom. The number of pyridine rings is 1. The largest absolute Gasteiger partial charge is 0.390 e. The lowest BCUT2D eigenvalue weighted by atomic mass is 9.72. The number of anilines is 2. The Balaban J connectivity index is 1.70. The van der Waals surface area contributed by atoms with Crippen LogP contribution < -0.4 is 10.6 Å². The Bertz CT molecular complexity index is 1090. The molecule has 34 heavy (non-hydrogen) atoms. The van der Waals surface area contributed by atoms with Crippen LogP contribution in [0.5, 0.6) is 0 Å². The lowest BCUT2D eigenvalue weighted by Gasteiger charge is -2.39. The van der Waals surface area contributed by atoms with Crippen LogP contribution in [0.1, 0.15) is 32.4 Å². The van der Waals surface area contributed by atoms with Crippen molar-refractivity contribution >= 4 is 23.3 Å². The van der Waals surface area contributed by atoms with Crippen molar-refractivity contribution in [1.82, 2.24) is 19.9 Å². The maximum atomic E-state index is 12.6. The van der Waals surface area contributed by atoms with E-state index in [1.807, 2.05) is 6.07 Å². The lowest BCUT2D eigenvalue weighted by Crippen LogP contribution is -2.46. The van der Waals surface area contributed by atoms with Gasteiger partial charge in [-0.3, -0.25) is 14.6 Å². The second-order valence-corrected chi connectivity index (χ2v) is 8.59. The average Bonchev–Trinajstić information content (AvgIpc) is 2.76. The summed E-state index contributed by atoms with van der Waals surface area (Å²) in [4.78, 5) is 38.0. The first-order valence-corrected chi connectivity index (χ1v) is 10.5. The van der Waals surface area contributed by atoms with Crippen molar-refractivity contribution < 1.29 is 23.5 Å². The Hall–Kier alpha value is -3.72. The predicted molar refractivity (Wildman–Crippen MR) is 119 cm³/mol. The van der Waals surface area contributed by atoms with Gasteiger partial charge in [-0.25, -0.2) is 18.7 Å². The molecule has 1 fully saturated rings. The molecule has 0 bridgehead atoms. The fraction of sp³-hybridized carbons (Fsp3) is 0.455. The fourth-order valence-corrected chi connectivity index (χ4v) is 3.68. The van der Waals surface area contributed by atoms with E-state index < -0.39 is 30.5 Å². The third kappa shape index (κ3) is 5.99. The standard InChI is InChI=1S/C22H25F2N7O3/c1-12(21(33)31(3)11-18(23)24)29-15-4-13(8-26-16(15)7-25)17-9-28-19(10-27-17)30-20(32)14-5-22(2,34)6-14/h4,8-10,12,14,18,29,34H,5-6,11H2,1-3H3,(H,28,30,32)/t12-,14?,22?/m0/s1. The summed E-state index contributed by atoms with van der Waals surface area (Å²) >= 11 is 0. The van der Waals surface area contributed by atoms with Gasteiger partial charge in [0.2, 0.25) is 11.8 Å².